The maximum Gasteiger partial charge on any atom is 0.119 e. The fourth-order valence-electron chi connectivity index (χ4n) is 2.53. The molecule has 0 unspecified atom stereocenters. The minimum absolute atomic E-state index is 0.253. The van der Waals surface area contributed by atoms with Gasteiger partial charge in [-0.15, -0.1) is 0 Å². The molecule has 112 valence electrons. The molecule has 1 saturated heterocycles. The number of rotatable bonds is 8. The van der Waals surface area contributed by atoms with Crippen LogP contribution in [-0.2, 0) is 0 Å². The molecule has 2 rings (SSSR count). The lowest BCUT2D eigenvalue weighted by molar-refractivity contribution is 0.139. The van der Waals surface area contributed by atoms with E-state index in [1.54, 1.807) is 0 Å². The summed E-state index contributed by atoms with van der Waals surface area (Å²) in [6.07, 6.45) is 3.29. The smallest absolute Gasteiger partial charge is 0.119 e. The predicted molar refractivity (Wildman–Crippen MR) is 79.4 cm³/mol. The molecule has 0 amide bonds. The molecule has 0 bridgehead atoms. The number of hydrogen-bond donors (Lipinski definition) is 1. The molecule has 1 fully saturated rings. The zero-order valence-electron chi connectivity index (χ0n) is 12.3. The van der Waals surface area contributed by atoms with E-state index >= 15 is 0 Å². The van der Waals surface area contributed by atoms with E-state index in [4.69, 9.17) is 9.47 Å². The molecule has 1 N–H and O–H groups in total. The van der Waals surface area contributed by atoms with Gasteiger partial charge < -0.3 is 14.6 Å². The zero-order chi connectivity index (χ0) is 14.2. The standard InChI is InChI=1S/C16H25NO3/c1-2-11-19-15-5-7-16(8-6-15)20-12-10-17-9-3-4-14(17)13-18/h5-8,14,18H,2-4,9-13H2,1H3/t14-/m1/s1. The van der Waals surface area contributed by atoms with Gasteiger partial charge in [0.15, 0.2) is 0 Å². The molecule has 0 aliphatic carbocycles. The Morgan fingerprint density at radius 2 is 1.80 bits per heavy atom. The molecule has 1 heterocycles. The minimum Gasteiger partial charge on any atom is -0.494 e. The predicted octanol–water partition coefficient (Wildman–Crippen LogP) is 2.31. The summed E-state index contributed by atoms with van der Waals surface area (Å²) in [6.45, 7) is 5.69. The van der Waals surface area contributed by atoms with Gasteiger partial charge in [-0.25, -0.2) is 0 Å². The molecule has 0 radical (unpaired) electrons. The van der Waals surface area contributed by atoms with Gasteiger partial charge in [-0.2, -0.15) is 0 Å². The second-order valence-corrected chi connectivity index (χ2v) is 5.18. The van der Waals surface area contributed by atoms with E-state index in [1.807, 2.05) is 24.3 Å². The van der Waals surface area contributed by atoms with E-state index in [0.717, 1.165) is 44.0 Å². The van der Waals surface area contributed by atoms with E-state index < -0.39 is 0 Å². The van der Waals surface area contributed by atoms with Crippen LogP contribution in [0.4, 0.5) is 0 Å². The average Bonchev–Trinajstić information content (AvgIpc) is 2.94. The van der Waals surface area contributed by atoms with Crippen LogP contribution in [-0.4, -0.2) is 49.0 Å². The number of hydrogen-bond acceptors (Lipinski definition) is 4. The minimum atomic E-state index is 0.253. The summed E-state index contributed by atoms with van der Waals surface area (Å²) in [4.78, 5) is 2.30. The molecule has 0 spiro atoms. The van der Waals surface area contributed by atoms with Gasteiger partial charge in [-0.1, -0.05) is 6.92 Å². The second kappa shape index (κ2) is 8.12. The van der Waals surface area contributed by atoms with Crippen molar-refractivity contribution in [2.45, 2.75) is 32.2 Å². The van der Waals surface area contributed by atoms with Gasteiger partial charge in [0.2, 0.25) is 0 Å². The Morgan fingerprint density at radius 3 is 2.40 bits per heavy atom. The average molecular weight is 279 g/mol. The van der Waals surface area contributed by atoms with Crippen molar-refractivity contribution < 1.29 is 14.6 Å². The Hall–Kier alpha value is -1.26. The summed E-state index contributed by atoms with van der Waals surface area (Å²) in [7, 11) is 0. The van der Waals surface area contributed by atoms with Crippen LogP contribution in [0.5, 0.6) is 11.5 Å². The van der Waals surface area contributed by atoms with Crippen molar-refractivity contribution in [3.63, 3.8) is 0 Å². The third-order valence-corrected chi connectivity index (χ3v) is 3.65. The molecule has 20 heavy (non-hydrogen) atoms. The lowest BCUT2D eigenvalue weighted by Gasteiger charge is -2.22. The summed E-state index contributed by atoms with van der Waals surface area (Å²) < 4.78 is 11.3. The lowest BCUT2D eigenvalue weighted by atomic mass is 10.2. The SMILES string of the molecule is CCCOc1ccc(OCCN2CCC[C@@H]2CO)cc1. The first-order chi connectivity index (χ1) is 9.83. The summed E-state index contributed by atoms with van der Waals surface area (Å²) in [5, 5.41) is 9.26. The van der Waals surface area contributed by atoms with Crippen molar-refractivity contribution in [1.29, 1.82) is 0 Å². The molecule has 1 aromatic rings. The van der Waals surface area contributed by atoms with Crippen molar-refractivity contribution in [3.8, 4) is 11.5 Å². The summed E-state index contributed by atoms with van der Waals surface area (Å²) in [5.74, 6) is 1.76. The van der Waals surface area contributed by atoms with Crippen molar-refractivity contribution >= 4 is 0 Å². The Balaban J connectivity index is 1.71. The van der Waals surface area contributed by atoms with Gasteiger partial charge in [-0.3, -0.25) is 4.90 Å². The fraction of sp³-hybridized carbons (Fsp3) is 0.625. The van der Waals surface area contributed by atoms with Crippen molar-refractivity contribution in [2.75, 3.05) is 32.9 Å². The van der Waals surface area contributed by atoms with Crippen LogP contribution in [0.15, 0.2) is 24.3 Å². The first-order valence-electron chi connectivity index (χ1n) is 7.54. The number of benzene rings is 1. The van der Waals surface area contributed by atoms with Crippen molar-refractivity contribution in [2.24, 2.45) is 0 Å². The molecule has 1 aliphatic heterocycles. The Morgan fingerprint density at radius 1 is 1.15 bits per heavy atom. The van der Waals surface area contributed by atoms with E-state index in [0.29, 0.717) is 12.6 Å². The quantitative estimate of drug-likeness (QED) is 0.793. The summed E-state index contributed by atoms with van der Waals surface area (Å²) >= 11 is 0. The number of nitrogens with zero attached hydrogens (tertiary/aromatic N) is 1. The van der Waals surface area contributed by atoms with E-state index in [1.165, 1.54) is 6.42 Å². The molecule has 4 nitrogen and oxygen atoms in total. The topological polar surface area (TPSA) is 41.9 Å². The highest BCUT2D eigenvalue weighted by molar-refractivity contribution is 5.31. The Kier molecular flexibility index (Phi) is 6.15. The lowest BCUT2D eigenvalue weighted by Crippen LogP contribution is -2.35. The molecular weight excluding hydrogens is 254 g/mol. The monoisotopic (exact) mass is 279 g/mol. The third-order valence-electron chi connectivity index (χ3n) is 3.65. The van der Waals surface area contributed by atoms with Gasteiger partial charge >= 0.3 is 0 Å². The molecule has 0 aromatic heterocycles. The highest BCUT2D eigenvalue weighted by Gasteiger charge is 2.22. The van der Waals surface area contributed by atoms with Crippen LogP contribution >= 0.6 is 0 Å². The van der Waals surface area contributed by atoms with E-state index in [9.17, 15) is 5.11 Å². The van der Waals surface area contributed by atoms with Crippen LogP contribution in [0, 0.1) is 0 Å². The first kappa shape index (κ1) is 15.1. The van der Waals surface area contributed by atoms with Gasteiger partial charge in [0.1, 0.15) is 18.1 Å². The summed E-state index contributed by atoms with van der Waals surface area (Å²) in [5.41, 5.74) is 0. The van der Waals surface area contributed by atoms with Gasteiger partial charge in [0.05, 0.1) is 13.2 Å². The molecule has 0 saturated carbocycles. The molecule has 1 aromatic carbocycles. The van der Waals surface area contributed by atoms with Crippen LogP contribution < -0.4 is 9.47 Å². The van der Waals surface area contributed by atoms with Gasteiger partial charge in [0, 0.05) is 12.6 Å². The van der Waals surface area contributed by atoms with Crippen LogP contribution in [0.25, 0.3) is 0 Å². The van der Waals surface area contributed by atoms with E-state index in [2.05, 4.69) is 11.8 Å². The molecule has 4 heteroatoms. The number of ether oxygens (including phenoxy) is 2. The molecular formula is C16H25NO3. The van der Waals surface area contributed by atoms with Crippen LogP contribution in [0.3, 0.4) is 0 Å². The van der Waals surface area contributed by atoms with Gasteiger partial charge in [-0.05, 0) is 50.1 Å². The van der Waals surface area contributed by atoms with Crippen molar-refractivity contribution in [1.82, 2.24) is 4.90 Å². The van der Waals surface area contributed by atoms with Gasteiger partial charge in [0.25, 0.3) is 0 Å². The maximum atomic E-state index is 9.26. The number of likely N-dealkylation sites (tertiary alicyclic amines) is 1. The Labute approximate surface area is 121 Å². The highest BCUT2D eigenvalue weighted by Crippen LogP contribution is 2.19. The number of aliphatic hydroxyl groups is 1. The van der Waals surface area contributed by atoms with Crippen molar-refractivity contribution in [3.05, 3.63) is 24.3 Å². The third kappa shape index (κ3) is 4.39. The molecule has 1 atom stereocenters. The van der Waals surface area contributed by atoms with Crippen LogP contribution in [0.2, 0.25) is 0 Å². The second-order valence-electron chi connectivity index (χ2n) is 5.18. The highest BCUT2D eigenvalue weighted by atomic mass is 16.5. The molecule has 1 aliphatic rings. The first-order valence-corrected chi connectivity index (χ1v) is 7.54. The normalized spacial score (nSPS) is 19.2. The summed E-state index contributed by atoms with van der Waals surface area (Å²) in [6, 6.07) is 8.09. The fourth-order valence-corrected chi connectivity index (χ4v) is 2.53. The maximum absolute atomic E-state index is 9.26. The largest absolute Gasteiger partial charge is 0.494 e. The van der Waals surface area contributed by atoms with Crippen LogP contribution in [0.1, 0.15) is 26.2 Å². The Bertz CT molecular complexity index is 380. The number of aliphatic hydroxyl groups excluding tert-OH is 1. The zero-order valence-corrected chi connectivity index (χ0v) is 12.3. The van der Waals surface area contributed by atoms with E-state index in [-0.39, 0.29) is 6.61 Å².